The Bertz CT molecular complexity index is 1240. The third kappa shape index (κ3) is 3.63. The number of nitro benzene ring substituents is 1. The summed E-state index contributed by atoms with van der Waals surface area (Å²) < 4.78 is 32.5. The van der Waals surface area contributed by atoms with E-state index in [1.54, 1.807) is 6.92 Å². The molecule has 10 heteroatoms. The summed E-state index contributed by atoms with van der Waals surface area (Å²) in [7, 11) is -4.56. The zero-order valence-electron chi connectivity index (χ0n) is 14.4. The number of rotatable bonds is 4. The summed E-state index contributed by atoms with van der Waals surface area (Å²) in [6.07, 6.45) is 0. The monoisotopic (exact) mass is 402 g/mol. The van der Waals surface area contributed by atoms with Gasteiger partial charge in [-0.05, 0) is 43.3 Å². The number of nitro groups is 1. The Morgan fingerprint density at radius 2 is 1.79 bits per heavy atom. The molecule has 0 saturated heterocycles. The first kappa shape index (κ1) is 19.3. The first-order valence-electron chi connectivity index (χ1n) is 7.87. The van der Waals surface area contributed by atoms with Crippen molar-refractivity contribution in [2.24, 2.45) is 0 Å². The summed E-state index contributed by atoms with van der Waals surface area (Å²) in [6, 6.07) is 10.3. The molecule has 0 aromatic heterocycles. The predicted octanol–water partition coefficient (Wildman–Crippen LogP) is 3.26. The summed E-state index contributed by atoms with van der Waals surface area (Å²) in [4.78, 5) is 22.4. The lowest BCUT2D eigenvalue weighted by molar-refractivity contribution is -0.385. The number of fused-ring (bicyclic) bond motifs is 1. The fourth-order valence-corrected chi connectivity index (χ4v) is 3.45. The number of phenols is 1. The van der Waals surface area contributed by atoms with Crippen molar-refractivity contribution in [2.45, 2.75) is 11.8 Å². The molecule has 28 heavy (non-hydrogen) atoms. The van der Waals surface area contributed by atoms with Crippen LogP contribution >= 0.6 is 0 Å². The van der Waals surface area contributed by atoms with Crippen molar-refractivity contribution in [2.75, 3.05) is 5.32 Å². The number of anilines is 1. The van der Waals surface area contributed by atoms with E-state index in [1.807, 2.05) is 0 Å². The number of nitrogens with one attached hydrogen (secondary N) is 1. The molecule has 0 unspecified atom stereocenters. The first-order chi connectivity index (χ1) is 13.1. The average Bonchev–Trinajstić information content (AvgIpc) is 2.60. The van der Waals surface area contributed by atoms with E-state index in [-0.39, 0.29) is 33.5 Å². The first-order valence-corrected chi connectivity index (χ1v) is 9.31. The molecular formula is C18H14N2O7S. The van der Waals surface area contributed by atoms with Gasteiger partial charge >= 0.3 is 0 Å². The molecule has 0 bridgehead atoms. The Labute approximate surface area is 159 Å². The van der Waals surface area contributed by atoms with E-state index in [9.17, 15) is 33.0 Å². The lowest BCUT2D eigenvalue weighted by Crippen LogP contribution is -2.12. The number of amides is 1. The van der Waals surface area contributed by atoms with Gasteiger partial charge in [-0.15, -0.1) is 0 Å². The fourth-order valence-electron chi connectivity index (χ4n) is 2.76. The van der Waals surface area contributed by atoms with E-state index in [2.05, 4.69) is 5.32 Å². The van der Waals surface area contributed by atoms with Crippen molar-refractivity contribution in [3.63, 3.8) is 0 Å². The molecule has 0 atom stereocenters. The molecule has 0 aliphatic heterocycles. The molecule has 0 aliphatic rings. The maximum Gasteiger partial charge on any atom is 0.295 e. The van der Waals surface area contributed by atoms with Gasteiger partial charge in [0.25, 0.3) is 21.7 Å². The molecule has 3 aromatic carbocycles. The van der Waals surface area contributed by atoms with Crippen LogP contribution in [-0.2, 0) is 10.1 Å². The molecule has 3 aromatic rings. The second kappa shape index (κ2) is 6.91. The van der Waals surface area contributed by atoms with Crippen LogP contribution in [0.5, 0.6) is 5.75 Å². The molecule has 3 N–H and O–H groups in total. The van der Waals surface area contributed by atoms with E-state index >= 15 is 0 Å². The quantitative estimate of drug-likeness (QED) is 0.345. The van der Waals surface area contributed by atoms with Crippen molar-refractivity contribution in [1.82, 2.24) is 0 Å². The molecule has 1 amide bonds. The Morgan fingerprint density at radius 3 is 2.43 bits per heavy atom. The molecule has 0 spiro atoms. The standard InChI is InChI=1S/C18H14N2O7S/c1-10-2-3-11(8-15(10)20(23)24)18(22)19-12-4-5-13-14(9-12)17(28(25,26)27)7-6-16(13)21/h2-9,21H,1H3,(H,19,22)(H,25,26,27). The van der Waals surface area contributed by atoms with E-state index in [0.29, 0.717) is 5.56 Å². The van der Waals surface area contributed by atoms with Gasteiger partial charge in [-0.25, -0.2) is 0 Å². The number of carbonyl (C=O) groups excluding carboxylic acids is 1. The van der Waals surface area contributed by atoms with Gasteiger partial charge in [0.05, 0.1) is 4.92 Å². The van der Waals surface area contributed by atoms with Crippen LogP contribution in [0.2, 0.25) is 0 Å². The number of carbonyl (C=O) groups is 1. The van der Waals surface area contributed by atoms with Crippen LogP contribution in [0.1, 0.15) is 15.9 Å². The Morgan fingerprint density at radius 1 is 1.07 bits per heavy atom. The van der Waals surface area contributed by atoms with Gasteiger partial charge in [0.15, 0.2) is 0 Å². The van der Waals surface area contributed by atoms with E-state index in [4.69, 9.17) is 0 Å². The Hall–Kier alpha value is -3.50. The van der Waals surface area contributed by atoms with Crippen molar-refractivity contribution in [3.05, 3.63) is 69.8 Å². The van der Waals surface area contributed by atoms with Crippen LogP contribution in [0.4, 0.5) is 11.4 Å². The fraction of sp³-hybridized carbons (Fsp3) is 0.0556. The summed E-state index contributed by atoms with van der Waals surface area (Å²) in [5, 5.41) is 23.6. The minimum atomic E-state index is -4.56. The Kier molecular flexibility index (Phi) is 4.75. The molecule has 3 rings (SSSR count). The number of hydrogen-bond donors (Lipinski definition) is 3. The molecule has 0 heterocycles. The number of phenolic OH excluding ortho intramolecular Hbond substituents is 1. The van der Waals surface area contributed by atoms with Crippen LogP contribution in [0, 0.1) is 17.0 Å². The second-order valence-corrected chi connectivity index (χ2v) is 7.42. The highest BCUT2D eigenvalue weighted by Crippen LogP contribution is 2.32. The van der Waals surface area contributed by atoms with Gasteiger partial charge in [0.2, 0.25) is 0 Å². The normalized spacial score (nSPS) is 11.4. The van der Waals surface area contributed by atoms with Crippen LogP contribution in [0.15, 0.2) is 53.4 Å². The summed E-state index contributed by atoms with van der Waals surface area (Å²) >= 11 is 0. The molecule has 0 fully saturated rings. The highest BCUT2D eigenvalue weighted by molar-refractivity contribution is 7.86. The average molecular weight is 402 g/mol. The van der Waals surface area contributed by atoms with Gasteiger partial charge in [-0.3, -0.25) is 19.5 Å². The topological polar surface area (TPSA) is 147 Å². The molecule has 0 aliphatic carbocycles. The van der Waals surface area contributed by atoms with Gasteiger partial charge in [-0.2, -0.15) is 8.42 Å². The van der Waals surface area contributed by atoms with Crippen LogP contribution in [0.3, 0.4) is 0 Å². The largest absolute Gasteiger partial charge is 0.507 e. The van der Waals surface area contributed by atoms with Gasteiger partial charge in [-0.1, -0.05) is 6.07 Å². The van der Waals surface area contributed by atoms with Crippen molar-refractivity contribution >= 4 is 38.2 Å². The zero-order valence-corrected chi connectivity index (χ0v) is 15.2. The molecule has 144 valence electrons. The van der Waals surface area contributed by atoms with Crippen LogP contribution < -0.4 is 5.32 Å². The van der Waals surface area contributed by atoms with Gasteiger partial charge < -0.3 is 10.4 Å². The van der Waals surface area contributed by atoms with E-state index in [1.165, 1.54) is 30.3 Å². The van der Waals surface area contributed by atoms with Crippen LogP contribution in [0.25, 0.3) is 10.8 Å². The van der Waals surface area contributed by atoms with Crippen molar-refractivity contribution in [1.29, 1.82) is 0 Å². The third-order valence-corrected chi connectivity index (χ3v) is 5.07. The Balaban J connectivity index is 2.02. The molecule has 0 radical (unpaired) electrons. The third-order valence-electron chi connectivity index (χ3n) is 4.16. The maximum atomic E-state index is 12.4. The minimum Gasteiger partial charge on any atom is -0.507 e. The summed E-state index contributed by atoms with van der Waals surface area (Å²) in [6.45, 7) is 1.55. The smallest absolute Gasteiger partial charge is 0.295 e. The molecule has 0 saturated carbocycles. The zero-order chi connectivity index (χ0) is 20.6. The lowest BCUT2D eigenvalue weighted by Gasteiger charge is -2.10. The highest BCUT2D eigenvalue weighted by atomic mass is 32.2. The van der Waals surface area contributed by atoms with Gasteiger partial charge in [0.1, 0.15) is 10.6 Å². The second-order valence-electron chi connectivity index (χ2n) is 6.03. The number of hydrogen-bond acceptors (Lipinski definition) is 6. The lowest BCUT2D eigenvalue weighted by atomic mass is 10.1. The summed E-state index contributed by atoms with van der Waals surface area (Å²) in [5.41, 5.74) is 0.421. The number of benzene rings is 3. The minimum absolute atomic E-state index is 0.00943. The van der Waals surface area contributed by atoms with Gasteiger partial charge in [0, 0.05) is 33.7 Å². The van der Waals surface area contributed by atoms with Crippen molar-refractivity contribution in [3.8, 4) is 5.75 Å². The number of aromatic hydroxyl groups is 1. The SMILES string of the molecule is Cc1ccc(C(=O)Nc2ccc3c(O)ccc(S(=O)(=O)O)c3c2)cc1[N+](=O)[O-]. The van der Waals surface area contributed by atoms with Crippen molar-refractivity contribution < 1.29 is 27.8 Å². The van der Waals surface area contributed by atoms with E-state index in [0.717, 1.165) is 18.2 Å². The molecule has 9 nitrogen and oxygen atoms in total. The van der Waals surface area contributed by atoms with Crippen LogP contribution in [-0.4, -0.2) is 28.9 Å². The maximum absolute atomic E-state index is 12.4. The highest BCUT2D eigenvalue weighted by Gasteiger charge is 2.18. The summed E-state index contributed by atoms with van der Waals surface area (Å²) in [5.74, 6) is -0.842. The number of nitrogens with zero attached hydrogens (tertiary/aromatic N) is 1. The predicted molar refractivity (Wildman–Crippen MR) is 101 cm³/mol. The number of aryl methyl sites for hydroxylation is 1. The molecular weight excluding hydrogens is 388 g/mol. The van der Waals surface area contributed by atoms with E-state index < -0.39 is 25.8 Å².